The SMILES string of the molecule is C#C.C#C.CC.CC=C(C)C.CCCCNC(=O)C(CC)CSC(CCC)CCC.CNC(=O)OC1CCOCC1. The van der Waals surface area contributed by atoms with E-state index in [1.807, 2.05) is 32.5 Å². The highest BCUT2D eigenvalue weighted by Crippen LogP contribution is 2.24. The predicted octanol–water partition coefficient (Wildman–Crippen LogP) is 8.65. The standard InChI is InChI=1S/C16H33NOS.C7H13NO3.C5H10.C2H6.2C2H2/c1-5-9-12-17-16(18)14(8-4)13-19-15(10-6-2)11-7-3;1-8-7(9)11-6-2-4-10-5-3-6;1-4-5(2)3;3*1-2/h14-15H,5-13H2,1-4H3,(H,17,18);6H,2-5H2,1H3,(H,8,9);4H,1-3H3;1-2H3;2*1-2H. The second-order valence-electron chi connectivity index (χ2n) is 9.12. The molecule has 1 fully saturated rings. The lowest BCUT2D eigenvalue weighted by molar-refractivity contribution is -0.124. The van der Waals surface area contributed by atoms with Crippen LogP contribution >= 0.6 is 11.8 Å². The van der Waals surface area contributed by atoms with Crippen LogP contribution < -0.4 is 10.6 Å². The fourth-order valence-corrected chi connectivity index (χ4v) is 4.82. The lowest BCUT2D eigenvalue weighted by Gasteiger charge is -2.21. The molecule has 41 heavy (non-hydrogen) atoms. The number of ether oxygens (including phenoxy) is 2. The smallest absolute Gasteiger partial charge is 0.407 e. The van der Waals surface area contributed by atoms with Crippen molar-refractivity contribution in [3.05, 3.63) is 11.6 Å². The molecule has 0 saturated carbocycles. The number of unbranched alkanes of at least 4 members (excludes halogenated alkanes) is 1. The number of allylic oxidation sites excluding steroid dienone is 2. The van der Waals surface area contributed by atoms with Gasteiger partial charge in [-0.05, 0) is 46.5 Å². The van der Waals surface area contributed by atoms with Gasteiger partial charge in [-0.2, -0.15) is 11.8 Å². The van der Waals surface area contributed by atoms with Gasteiger partial charge in [0, 0.05) is 43.4 Å². The number of hydrogen-bond acceptors (Lipinski definition) is 5. The lowest BCUT2D eigenvalue weighted by Crippen LogP contribution is -2.32. The Balaban J connectivity index is -0.000000165. The van der Waals surface area contributed by atoms with Crippen molar-refractivity contribution in [1.29, 1.82) is 0 Å². The summed E-state index contributed by atoms with van der Waals surface area (Å²) in [5.74, 6) is 1.44. The van der Waals surface area contributed by atoms with Crippen LogP contribution in [0.4, 0.5) is 4.79 Å². The molecule has 1 rings (SSSR count). The Bertz CT molecular complexity index is 598. The molecular weight excluding hydrogens is 532 g/mol. The Morgan fingerprint density at radius 2 is 1.46 bits per heavy atom. The first-order valence-corrected chi connectivity index (χ1v) is 16.5. The van der Waals surface area contributed by atoms with E-state index in [9.17, 15) is 9.59 Å². The molecule has 1 atom stereocenters. The number of rotatable bonds is 13. The average Bonchev–Trinajstić information content (AvgIpc) is 3.02. The molecule has 2 amide bonds. The summed E-state index contributed by atoms with van der Waals surface area (Å²) in [4.78, 5) is 22.8. The maximum absolute atomic E-state index is 12.1. The summed E-state index contributed by atoms with van der Waals surface area (Å²) in [6, 6.07) is 0. The highest BCUT2D eigenvalue weighted by Gasteiger charge is 2.18. The molecule has 0 radical (unpaired) electrons. The Hall–Kier alpha value is -2.09. The summed E-state index contributed by atoms with van der Waals surface area (Å²) in [5.41, 5.74) is 1.38. The maximum atomic E-state index is 12.1. The van der Waals surface area contributed by atoms with E-state index in [1.54, 1.807) is 7.05 Å². The second kappa shape index (κ2) is 42.4. The third-order valence-electron chi connectivity index (χ3n) is 5.67. The summed E-state index contributed by atoms with van der Waals surface area (Å²) < 4.78 is 10.1. The monoisotopic (exact) mass is 598 g/mol. The van der Waals surface area contributed by atoms with Gasteiger partial charge in [0.2, 0.25) is 5.91 Å². The number of nitrogens with one attached hydrogen (secondary N) is 2. The van der Waals surface area contributed by atoms with Crippen molar-refractivity contribution < 1.29 is 19.1 Å². The molecule has 1 heterocycles. The fraction of sp³-hybridized carbons (Fsp3) is 0.765. The summed E-state index contributed by atoms with van der Waals surface area (Å²) in [6.45, 7) is 21.2. The van der Waals surface area contributed by atoms with Gasteiger partial charge in [0.05, 0.1) is 13.2 Å². The van der Waals surface area contributed by atoms with Crippen molar-refractivity contribution in [3.63, 3.8) is 0 Å². The largest absolute Gasteiger partial charge is 0.446 e. The molecule has 0 aromatic heterocycles. The van der Waals surface area contributed by atoms with E-state index in [2.05, 4.69) is 83.9 Å². The molecule has 0 aliphatic carbocycles. The first-order chi connectivity index (χ1) is 19.8. The Morgan fingerprint density at radius 1 is 0.976 bits per heavy atom. The normalized spacial score (nSPS) is 12.2. The van der Waals surface area contributed by atoms with Crippen LogP contribution in [0, 0.1) is 31.6 Å². The average molecular weight is 599 g/mol. The van der Waals surface area contributed by atoms with E-state index in [0.29, 0.717) is 13.2 Å². The zero-order valence-corrected chi connectivity index (χ0v) is 29.2. The fourth-order valence-electron chi connectivity index (χ4n) is 3.12. The minimum atomic E-state index is -0.350. The van der Waals surface area contributed by atoms with Crippen LogP contribution in [0.3, 0.4) is 0 Å². The molecule has 0 aromatic carbocycles. The number of terminal acetylenes is 2. The second-order valence-corrected chi connectivity index (χ2v) is 10.4. The van der Waals surface area contributed by atoms with Gasteiger partial charge >= 0.3 is 6.09 Å². The lowest BCUT2D eigenvalue weighted by atomic mass is 10.1. The van der Waals surface area contributed by atoms with Crippen LogP contribution in [0.15, 0.2) is 11.6 Å². The number of amides is 2. The molecular formula is C34H66N2O4S. The minimum Gasteiger partial charge on any atom is -0.446 e. The summed E-state index contributed by atoms with van der Waals surface area (Å²) in [5, 5.41) is 6.22. The van der Waals surface area contributed by atoms with Gasteiger partial charge in [-0.3, -0.25) is 4.79 Å². The summed E-state index contributed by atoms with van der Waals surface area (Å²) in [7, 11) is 1.56. The first-order valence-electron chi connectivity index (χ1n) is 15.4. The van der Waals surface area contributed by atoms with Gasteiger partial charge in [0.25, 0.3) is 0 Å². The van der Waals surface area contributed by atoms with Crippen LogP contribution in [-0.2, 0) is 14.3 Å². The van der Waals surface area contributed by atoms with E-state index in [0.717, 1.165) is 49.7 Å². The van der Waals surface area contributed by atoms with Crippen molar-refractivity contribution in [2.24, 2.45) is 5.92 Å². The highest BCUT2D eigenvalue weighted by molar-refractivity contribution is 7.99. The Kier molecular flexibility index (Phi) is 50.3. The van der Waals surface area contributed by atoms with Crippen LogP contribution in [0.25, 0.3) is 0 Å². The molecule has 1 unspecified atom stereocenters. The Morgan fingerprint density at radius 3 is 1.83 bits per heavy atom. The maximum Gasteiger partial charge on any atom is 0.407 e. The molecule has 7 heteroatoms. The molecule has 0 aromatic rings. The molecule has 0 spiro atoms. The van der Waals surface area contributed by atoms with Crippen molar-refractivity contribution >= 4 is 23.8 Å². The van der Waals surface area contributed by atoms with E-state index < -0.39 is 0 Å². The van der Waals surface area contributed by atoms with E-state index in [1.165, 1.54) is 31.3 Å². The van der Waals surface area contributed by atoms with Crippen LogP contribution in [0.2, 0.25) is 0 Å². The van der Waals surface area contributed by atoms with Gasteiger partial charge in [-0.25, -0.2) is 4.79 Å². The topological polar surface area (TPSA) is 76.7 Å². The zero-order chi connectivity index (χ0) is 32.9. The quantitative estimate of drug-likeness (QED) is 0.126. The van der Waals surface area contributed by atoms with Crippen molar-refractivity contribution in [2.75, 3.05) is 32.6 Å². The van der Waals surface area contributed by atoms with Crippen molar-refractivity contribution in [2.45, 2.75) is 131 Å². The van der Waals surface area contributed by atoms with Gasteiger partial charge in [0.1, 0.15) is 6.10 Å². The van der Waals surface area contributed by atoms with Crippen LogP contribution in [0.5, 0.6) is 0 Å². The van der Waals surface area contributed by atoms with E-state index >= 15 is 0 Å². The summed E-state index contributed by atoms with van der Waals surface area (Å²) in [6.07, 6.45) is 27.6. The zero-order valence-electron chi connectivity index (χ0n) is 28.4. The number of alkyl carbamates (subject to hydrolysis) is 1. The molecule has 0 bridgehead atoms. The summed E-state index contributed by atoms with van der Waals surface area (Å²) >= 11 is 2.01. The van der Waals surface area contributed by atoms with E-state index in [-0.39, 0.29) is 24.0 Å². The van der Waals surface area contributed by atoms with Crippen LogP contribution in [0.1, 0.15) is 120 Å². The van der Waals surface area contributed by atoms with Gasteiger partial charge in [-0.1, -0.05) is 72.5 Å². The minimum absolute atomic E-state index is 0.0451. The van der Waals surface area contributed by atoms with Crippen LogP contribution in [-0.4, -0.2) is 55.9 Å². The first kappa shape index (κ1) is 48.6. The molecule has 1 aliphatic rings. The van der Waals surface area contributed by atoms with Gasteiger partial charge in [0.15, 0.2) is 0 Å². The third kappa shape index (κ3) is 37.9. The van der Waals surface area contributed by atoms with Crippen molar-refractivity contribution in [3.8, 4) is 25.7 Å². The van der Waals surface area contributed by atoms with Crippen molar-refractivity contribution in [1.82, 2.24) is 10.6 Å². The number of hydrogen-bond donors (Lipinski definition) is 2. The molecule has 1 saturated heterocycles. The molecule has 242 valence electrons. The number of carbonyl (C=O) groups is 2. The predicted molar refractivity (Wildman–Crippen MR) is 183 cm³/mol. The number of carbonyl (C=O) groups excluding carboxylic acids is 2. The molecule has 1 aliphatic heterocycles. The molecule has 2 N–H and O–H groups in total. The third-order valence-corrected chi connectivity index (χ3v) is 7.21. The Labute approximate surface area is 260 Å². The van der Waals surface area contributed by atoms with Gasteiger partial charge < -0.3 is 20.1 Å². The highest BCUT2D eigenvalue weighted by atomic mass is 32.2. The number of thioether (sulfide) groups is 1. The van der Waals surface area contributed by atoms with E-state index in [4.69, 9.17) is 9.47 Å². The molecule has 6 nitrogen and oxygen atoms in total. The van der Waals surface area contributed by atoms with Gasteiger partial charge in [-0.15, -0.1) is 25.7 Å².